The normalized spacial score (nSPS) is 17.4. The van der Waals surface area contributed by atoms with Crippen LogP contribution >= 0.6 is 0 Å². The molecular formula is C22H28N4O7S. The fraction of sp³-hybridized carbons (Fsp3) is 0.545. The number of aryl methyl sites for hydroxylation is 2. The number of esters is 1. The van der Waals surface area contributed by atoms with Crippen LogP contribution in [0.25, 0.3) is 0 Å². The van der Waals surface area contributed by atoms with Crippen molar-refractivity contribution in [2.45, 2.75) is 51.5 Å². The molecule has 0 spiro atoms. The molecule has 3 heterocycles. The topological polar surface area (TPSA) is 132 Å². The van der Waals surface area contributed by atoms with E-state index in [-0.39, 0.29) is 48.9 Å². The van der Waals surface area contributed by atoms with Crippen LogP contribution in [0.15, 0.2) is 21.6 Å². The molecule has 11 nitrogen and oxygen atoms in total. The molecule has 1 amide bonds. The standard InChI is InChI=1S/C22H28N4O7S/c1-4-20-23-19(24-33-20)12-26-16-10-14(3)18(11-17(16)32-13-21(26)27)34(29,30)25-8-6-15(7-9-25)22(28)31-5-2/h10-11,15H,4-9,12-13H2,1-3H3. The summed E-state index contributed by atoms with van der Waals surface area (Å²) in [6.45, 7) is 5.94. The van der Waals surface area contributed by atoms with E-state index < -0.39 is 10.0 Å². The van der Waals surface area contributed by atoms with Crippen molar-refractivity contribution in [3.05, 3.63) is 29.4 Å². The lowest BCUT2D eigenvalue weighted by Crippen LogP contribution is -2.41. The number of hydrogen-bond acceptors (Lipinski definition) is 9. The summed E-state index contributed by atoms with van der Waals surface area (Å²) in [6.07, 6.45) is 1.40. The van der Waals surface area contributed by atoms with Gasteiger partial charge in [0.25, 0.3) is 5.91 Å². The molecule has 1 aromatic heterocycles. The lowest BCUT2D eigenvalue weighted by molar-refractivity contribution is -0.149. The number of piperidine rings is 1. The highest BCUT2D eigenvalue weighted by molar-refractivity contribution is 7.89. The second kappa shape index (κ2) is 9.71. The van der Waals surface area contributed by atoms with Gasteiger partial charge in [0.1, 0.15) is 5.75 Å². The van der Waals surface area contributed by atoms with Crippen LogP contribution in [0.5, 0.6) is 5.75 Å². The average Bonchev–Trinajstić information content (AvgIpc) is 3.28. The van der Waals surface area contributed by atoms with Crippen molar-refractivity contribution in [3.63, 3.8) is 0 Å². The number of nitrogens with zero attached hydrogens (tertiary/aromatic N) is 4. The molecule has 1 aromatic carbocycles. The van der Waals surface area contributed by atoms with Gasteiger partial charge >= 0.3 is 5.97 Å². The Morgan fingerprint density at radius 3 is 2.62 bits per heavy atom. The minimum absolute atomic E-state index is 0.0889. The molecule has 1 fully saturated rings. The first kappa shape index (κ1) is 24.1. The Hall–Kier alpha value is -2.99. The van der Waals surface area contributed by atoms with Gasteiger partial charge < -0.3 is 14.0 Å². The van der Waals surface area contributed by atoms with Crippen molar-refractivity contribution in [1.29, 1.82) is 0 Å². The summed E-state index contributed by atoms with van der Waals surface area (Å²) in [5.41, 5.74) is 0.938. The van der Waals surface area contributed by atoms with Crippen molar-refractivity contribution in [2.75, 3.05) is 31.2 Å². The summed E-state index contributed by atoms with van der Waals surface area (Å²) in [4.78, 5) is 30.4. The van der Waals surface area contributed by atoms with Gasteiger partial charge in [0.2, 0.25) is 15.9 Å². The van der Waals surface area contributed by atoms with Crippen LogP contribution in [0.2, 0.25) is 0 Å². The van der Waals surface area contributed by atoms with E-state index in [1.54, 1.807) is 19.9 Å². The number of sulfonamides is 1. The molecule has 0 aliphatic carbocycles. The van der Waals surface area contributed by atoms with Crippen LogP contribution in [0, 0.1) is 12.8 Å². The van der Waals surface area contributed by atoms with Crippen molar-refractivity contribution in [2.24, 2.45) is 5.92 Å². The first-order chi connectivity index (χ1) is 16.2. The van der Waals surface area contributed by atoms with Crippen LogP contribution < -0.4 is 9.64 Å². The Labute approximate surface area is 198 Å². The molecule has 2 aliphatic heterocycles. The van der Waals surface area contributed by atoms with E-state index in [9.17, 15) is 18.0 Å². The average molecular weight is 493 g/mol. The van der Waals surface area contributed by atoms with E-state index in [1.165, 1.54) is 15.3 Å². The fourth-order valence-corrected chi connectivity index (χ4v) is 5.85. The van der Waals surface area contributed by atoms with E-state index in [0.29, 0.717) is 54.6 Å². The van der Waals surface area contributed by atoms with Crippen molar-refractivity contribution in [3.8, 4) is 5.75 Å². The number of fused-ring (bicyclic) bond motifs is 1. The van der Waals surface area contributed by atoms with Crippen LogP contribution in [-0.2, 0) is 37.3 Å². The maximum absolute atomic E-state index is 13.4. The second-order valence-corrected chi connectivity index (χ2v) is 10.1. The van der Waals surface area contributed by atoms with Crippen LogP contribution in [0.3, 0.4) is 0 Å². The zero-order chi connectivity index (χ0) is 24.5. The minimum atomic E-state index is -3.82. The lowest BCUT2D eigenvalue weighted by Gasteiger charge is -2.32. The van der Waals surface area contributed by atoms with Gasteiger partial charge in [-0.3, -0.25) is 14.5 Å². The predicted molar refractivity (Wildman–Crippen MR) is 120 cm³/mol. The maximum Gasteiger partial charge on any atom is 0.309 e. The highest BCUT2D eigenvalue weighted by Gasteiger charge is 2.35. The third kappa shape index (κ3) is 4.64. The lowest BCUT2D eigenvalue weighted by atomic mass is 9.98. The van der Waals surface area contributed by atoms with E-state index in [0.717, 1.165) is 0 Å². The first-order valence-corrected chi connectivity index (χ1v) is 12.7. The van der Waals surface area contributed by atoms with Crippen molar-refractivity contribution >= 4 is 27.6 Å². The number of amides is 1. The molecule has 0 saturated carbocycles. The molecule has 34 heavy (non-hydrogen) atoms. The van der Waals surface area contributed by atoms with Gasteiger partial charge in [-0.15, -0.1) is 0 Å². The van der Waals surface area contributed by atoms with Crippen LogP contribution in [-0.4, -0.2) is 61.0 Å². The Bertz CT molecular complexity index is 1190. The number of carbonyl (C=O) groups excluding carboxylic acids is 2. The van der Waals surface area contributed by atoms with E-state index >= 15 is 0 Å². The largest absolute Gasteiger partial charge is 0.482 e. The van der Waals surface area contributed by atoms with Gasteiger partial charge in [0.05, 0.1) is 29.7 Å². The molecular weight excluding hydrogens is 464 g/mol. The number of carbonyl (C=O) groups is 2. The van der Waals surface area contributed by atoms with Gasteiger partial charge in [-0.05, 0) is 38.3 Å². The number of anilines is 1. The number of hydrogen-bond donors (Lipinski definition) is 0. The predicted octanol–water partition coefficient (Wildman–Crippen LogP) is 1.83. The summed E-state index contributed by atoms with van der Waals surface area (Å²) in [7, 11) is -3.82. The molecule has 0 unspecified atom stereocenters. The van der Waals surface area contributed by atoms with Gasteiger partial charge in [-0.2, -0.15) is 9.29 Å². The summed E-state index contributed by atoms with van der Waals surface area (Å²) < 4.78 is 44.0. The Morgan fingerprint density at radius 2 is 1.97 bits per heavy atom. The van der Waals surface area contributed by atoms with Gasteiger partial charge in [0, 0.05) is 25.6 Å². The van der Waals surface area contributed by atoms with Gasteiger partial charge in [-0.25, -0.2) is 8.42 Å². The molecule has 4 rings (SSSR count). The summed E-state index contributed by atoms with van der Waals surface area (Å²) in [5.74, 6) is 0.264. The smallest absolute Gasteiger partial charge is 0.309 e. The summed E-state index contributed by atoms with van der Waals surface area (Å²) in [5, 5.41) is 3.90. The highest BCUT2D eigenvalue weighted by Crippen LogP contribution is 2.38. The SMILES string of the molecule is CCOC(=O)C1CCN(S(=O)(=O)c2cc3c(cc2C)N(Cc2noc(CC)n2)C(=O)CO3)CC1. The second-order valence-electron chi connectivity index (χ2n) is 8.24. The zero-order valence-electron chi connectivity index (χ0n) is 19.4. The monoisotopic (exact) mass is 492 g/mol. The minimum Gasteiger partial charge on any atom is -0.482 e. The highest BCUT2D eigenvalue weighted by atomic mass is 32.2. The van der Waals surface area contributed by atoms with Crippen LogP contribution in [0.4, 0.5) is 5.69 Å². The Kier molecular flexibility index (Phi) is 6.89. The molecule has 184 valence electrons. The summed E-state index contributed by atoms with van der Waals surface area (Å²) in [6, 6.07) is 3.09. The van der Waals surface area contributed by atoms with Crippen molar-refractivity contribution < 1.29 is 32.0 Å². The number of ether oxygens (including phenoxy) is 2. The molecule has 2 aromatic rings. The van der Waals surface area contributed by atoms with Gasteiger partial charge in [-0.1, -0.05) is 12.1 Å². The molecule has 2 aliphatic rings. The summed E-state index contributed by atoms with van der Waals surface area (Å²) >= 11 is 0. The molecule has 0 radical (unpaired) electrons. The maximum atomic E-state index is 13.4. The van der Waals surface area contributed by atoms with E-state index in [1.807, 2.05) is 6.92 Å². The quantitative estimate of drug-likeness (QED) is 0.531. The molecule has 1 saturated heterocycles. The number of aromatic nitrogens is 2. The van der Waals surface area contributed by atoms with E-state index in [2.05, 4.69) is 10.1 Å². The number of rotatable bonds is 7. The first-order valence-electron chi connectivity index (χ1n) is 11.3. The third-order valence-electron chi connectivity index (χ3n) is 6.00. The van der Waals surface area contributed by atoms with Gasteiger partial charge in [0.15, 0.2) is 12.4 Å². The Balaban J connectivity index is 1.56. The van der Waals surface area contributed by atoms with Crippen LogP contribution in [0.1, 0.15) is 44.0 Å². The molecule has 12 heteroatoms. The Morgan fingerprint density at radius 1 is 1.24 bits per heavy atom. The molecule has 0 atom stereocenters. The third-order valence-corrected chi connectivity index (χ3v) is 8.04. The molecule has 0 bridgehead atoms. The fourth-order valence-electron chi connectivity index (χ4n) is 4.15. The number of benzene rings is 1. The zero-order valence-corrected chi connectivity index (χ0v) is 20.3. The molecule has 0 N–H and O–H groups in total. The van der Waals surface area contributed by atoms with E-state index in [4.69, 9.17) is 14.0 Å². The van der Waals surface area contributed by atoms with Crippen molar-refractivity contribution in [1.82, 2.24) is 14.4 Å².